The highest BCUT2D eigenvalue weighted by Crippen LogP contribution is 2.19. The Morgan fingerprint density at radius 3 is 2.20 bits per heavy atom. The quantitative estimate of drug-likeness (QED) is 0.428. The minimum atomic E-state index is 0.296. The van der Waals surface area contributed by atoms with Crippen molar-refractivity contribution in [1.82, 2.24) is 0 Å². The summed E-state index contributed by atoms with van der Waals surface area (Å²) in [7, 11) is 0. The monoisotopic (exact) mass is 152 g/mol. The Balaban J connectivity index is 3.04. The minimum Gasteiger partial charge on any atom is -0.146 e. The predicted molar refractivity (Wildman–Crippen MR) is 49.7 cm³/mol. The van der Waals surface area contributed by atoms with Crippen molar-refractivity contribution in [2.75, 3.05) is 0 Å². The predicted octanol–water partition coefficient (Wildman–Crippen LogP) is 3.37. The van der Waals surface area contributed by atoms with Gasteiger partial charge in [0.2, 0.25) is 0 Å². The molecule has 0 aromatic carbocycles. The van der Waals surface area contributed by atoms with Crippen molar-refractivity contribution < 1.29 is 0 Å². The fourth-order valence-electron chi connectivity index (χ4n) is 1.08. The highest BCUT2D eigenvalue weighted by Gasteiger charge is 2.09. The lowest BCUT2D eigenvalue weighted by Gasteiger charge is -2.17. The SMILES string of the molecule is CCC[CH2][Mg][CH2]C(C)(C)C. The number of hydrogen-bond acceptors (Lipinski definition) is 0. The van der Waals surface area contributed by atoms with Crippen LogP contribution in [0.15, 0.2) is 0 Å². The summed E-state index contributed by atoms with van der Waals surface area (Å²) < 4.78 is 3.08. The molecule has 58 valence electrons. The Labute approximate surface area is 75.5 Å². The van der Waals surface area contributed by atoms with Gasteiger partial charge in [-0.15, -0.1) is 9.10 Å². The first kappa shape index (κ1) is 10.8. The van der Waals surface area contributed by atoms with E-state index in [1.54, 1.807) is 4.55 Å². The van der Waals surface area contributed by atoms with Crippen LogP contribution in [0.25, 0.3) is 0 Å². The molecule has 0 amide bonds. The van der Waals surface area contributed by atoms with Gasteiger partial charge in [0.05, 0.1) is 0 Å². The first-order valence-corrected chi connectivity index (χ1v) is 6.56. The van der Waals surface area contributed by atoms with Crippen molar-refractivity contribution >= 4 is 20.4 Å². The van der Waals surface area contributed by atoms with Gasteiger partial charge >= 0.3 is 20.4 Å². The first-order chi connectivity index (χ1) is 4.56. The Hall–Kier alpha value is 0.766. The lowest BCUT2D eigenvalue weighted by molar-refractivity contribution is 0.466. The molecule has 0 saturated heterocycles. The van der Waals surface area contributed by atoms with Crippen LogP contribution in [0.3, 0.4) is 0 Å². The van der Waals surface area contributed by atoms with E-state index < -0.39 is 0 Å². The molecule has 0 aromatic rings. The van der Waals surface area contributed by atoms with Crippen LogP contribution < -0.4 is 0 Å². The van der Waals surface area contributed by atoms with Gasteiger partial charge in [0.25, 0.3) is 0 Å². The molecule has 0 saturated carbocycles. The average molecular weight is 153 g/mol. The van der Waals surface area contributed by atoms with E-state index in [-0.39, 0.29) is 0 Å². The minimum absolute atomic E-state index is 0.296. The summed E-state index contributed by atoms with van der Waals surface area (Å²) in [5.41, 5.74) is 0.611. The van der Waals surface area contributed by atoms with Crippen LogP contribution in [-0.4, -0.2) is 20.4 Å². The molecule has 0 unspecified atom stereocenters. The van der Waals surface area contributed by atoms with E-state index in [2.05, 4.69) is 27.7 Å². The summed E-state index contributed by atoms with van der Waals surface area (Å²) in [6.07, 6.45) is 2.86. The van der Waals surface area contributed by atoms with Crippen LogP contribution in [-0.2, 0) is 0 Å². The van der Waals surface area contributed by atoms with Crippen molar-refractivity contribution in [1.29, 1.82) is 0 Å². The molecular weight excluding hydrogens is 132 g/mol. The first-order valence-electron chi connectivity index (χ1n) is 4.56. The molecule has 0 aromatic heterocycles. The van der Waals surface area contributed by atoms with E-state index in [0.717, 1.165) is 0 Å². The van der Waals surface area contributed by atoms with Crippen LogP contribution in [0.1, 0.15) is 40.5 Å². The summed E-state index contributed by atoms with van der Waals surface area (Å²) in [6.45, 7) is 9.34. The van der Waals surface area contributed by atoms with E-state index >= 15 is 0 Å². The maximum Gasteiger partial charge on any atom is 0.364 e. The largest absolute Gasteiger partial charge is 0.364 e. The summed E-state index contributed by atoms with van der Waals surface area (Å²) in [4.78, 5) is 0. The number of unbranched alkanes of at least 4 members (excludes halogenated alkanes) is 1. The number of rotatable bonds is 4. The third-order valence-corrected chi connectivity index (χ3v) is 4.63. The highest BCUT2D eigenvalue weighted by atomic mass is 24.5. The highest BCUT2D eigenvalue weighted by molar-refractivity contribution is 6.35. The fraction of sp³-hybridized carbons (Fsp3) is 1.00. The van der Waals surface area contributed by atoms with Crippen LogP contribution in [0, 0.1) is 5.41 Å². The van der Waals surface area contributed by atoms with Crippen LogP contribution in [0.5, 0.6) is 0 Å². The standard InChI is InChI=1S/C5H11.C4H9.Mg/c1-5(2,3)4;1-3-4-2;/h1H2,2-4H3;1,3-4H2,2H3;. The molecule has 1 heteroatoms. The molecule has 0 aliphatic rings. The fourth-order valence-corrected chi connectivity index (χ4v) is 3.25. The van der Waals surface area contributed by atoms with Gasteiger partial charge in [0.1, 0.15) is 0 Å². The summed E-state index contributed by atoms with van der Waals surface area (Å²) in [6, 6.07) is 0. The normalized spacial score (nSPS) is 11.2. The zero-order valence-corrected chi connectivity index (χ0v) is 9.45. The zero-order valence-electron chi connectivity index (χ0n) is 8.04. The zero-order chi connectivity index (χ0) is 8.04. The second kappa shape index (κ2) is 5.42. The molecule has 0 fully saturated rings. The van der Waals surface area contributed by atoms with Crippen molar-refractivity contribution in [2.45, 2.75) is 49.6 Å². The van der Waals surface area contributed by atoms with Crippen molar-refractivity contribution in [2.24, 2.45) is 5.41 Å². The molecule has 10 heavy (non-hydrogen) atoms. The molecule has 0 aliphatic carbocycles. The van der Waals surface area contributed by atoms with Crippen molar-refractivity contribution in [3.8, 4) is 0 Å². The summed E-state index contributed by atoms with van der Waals surface area (Å²) >= 11 is 0.296. The molecule has 0 N–H and O–H groups in total. The molecule has 0 rings (SSSR count). The molecule has 0 nitrogen and oxygen atoms in total. The van der Waals surface area contributed by atoms with Crippen molar-refractivity contribution in [3.05, 3.63) is 0 Å². The molecule has 0 radical (unpaired) electrons. The van der Waals surface area contributed by atoms with Gasteiger partial charge in [0, 0.05) is 0 Å². The maximum atomic E-state index is 2.35. The molecule has 0 aliphatic heterocycles. The van der Waals surface area contributed by atoms with Crippen molar-refractivity contribution in [3.63, 3.8) is 0 Å². The Kier molecular flexibility index (Phi) is 5.84. The lowest BCUT2D eigenvalue weighted by atomic mass is 10.0. The lowest BCUT2D eigenvalue weighted by Crippen LogP contribution is -2.07. The third kappa shape index (κ3) is 8.77. The van der Waals surface area contributed by atoms with Gasteiger partial charge in [-0.05, 0) is 0 Å². The Bertz CT molecular complexity index is 71.3. The molecular formula is C9H20Mg. The van der Waals surface area contributed by atoms with Gasteiger partial charge in [-0.3, -0.25) is 0 Å². The smallest absolute Gasteiger partial charge is 0.146 e. The van der Waals surface area contributed by atoms with Gasteiger partial charge in [-0.25, -0.2) is 0 Å². The molecule has 0 spiro atoms. The van der Waals surface area contributed by atoms with Gasteiger partial charge < -0.3 is 0 Å². The topological polar surface area (TPSA) is 0 Å². The van der Waals surface area contributed by atoms with Crippen LogP contribution in [0.2, 0.25) is 9.10 Å². The second-order valence-corrected chi connectivity index (χ2v) is 6.29. The Morgan fingerprint density at radius 1 is 1.20 bits per heavy atom. The maximum absolute atomic E-state index is 2.35. The second-order valence-electron chi connectivity index (χ2n) is 4.37. The van der Waals surface area contributed by atoms with Gasteiger partial charge in [-0.1, -0.05) is 46.0 Å². The van der Waals surface area contributed by atoms with Gasteiger partial charge in [-0.2, -0.15) is 0 Å². The van der Waals surface area contributed by atoms with Gasteiger partial charge in [0.15, 0.2) is 0 Å². The molecule has 0 atom stereocenters. The number of hydrogen-bond donors (Lipinski definition) is 0. The summed E-state index contributed by atoms with van der Waals surface area (Å²) in [5.74, 6) is 0. The van der Waals surface area contributed by atoms with Crippen LogP contribution >= 0.6 is 0 Å². The van der Waals surface area contributed by atoms with E-state index in [0.29, 0.717) is 25.8 Å². The van der Waals surface area contributed by atoms with E-state index in [9.17, 15) is 0 Å². The Morgan fingerprint density at radius 2 is 1.80 bits per heavy atom. The van der Waals surface area contributed by atoms with E-state index in [4.69, 9.17) is 0 Å². The van der Waals surface area contributed by atoms with E-state index in [1.165, 1.54) is 17.4 Å². The average Bonchev–Trinajstić information content (AvgIpc) is 1.78. The van der Waals surface area contributed by atoms with Crippen LogP contribution in [0.4, 0.5) is 0 Å². The third-order valence-electron chi connectivity index (χ3n) is 1.78. The summed E-state index contributed by atoms with van der Waals surface area (Å²) in [5, 5.41) is 0. The molecule has 0 heterocycles. The molecule has 0 bridgehead atoms. The van der Waals surface area contributed by atoms with E-state index in [1.807, 2.05) is 0 Å².